The van der Waals surface area contributed by atoms with Gasteiger partial charge in [-0.25, -0.2) is 0 Å². The van der Waals surface area contributed by atoms with E-state index in [9.17, 15) is 0 Å². The van der Waals surface area contributed by atoms with Crippen molar-refractivity contribution in [1.29, 1.82) is 0 Å². The van der Waals surface area contributed by atoms with Crippen LogP contribution in [0.1, 0.15) is 46.5 Å². The molecule has 0 spiro atoms. The van der Waals surface area contributed by atoms with Gasteiger partial charge in [-0.15, -0.1) is 0 Å². The zero-order valence-corrected chi connectivity index (χ0v) is 14.1. The molecule has 0 fully saturated rings. The first-order valence-electron chi connectivity index (χ1n) is 6.72. The Kier molecular flexibility index (Phi) is 12.1. The molecule has 0 unspecified atom stereocenters. The van der Waals surface area contributed by atoms with Crippen molar-refractivity contribution in [3.8, 4) is 0 Å². The predicted octanol–water partition coefficient (Wildman–Crippen LogP) is 3.99. The van der Waals surface area contributed by atoms with Crippen molar-refractivity contribution < 1.29 is 13.3 Å². The zero-order valence-electron chi connectivity index (χ0n) is 11.5. The van der Waals surface area contributed by atoms with Gasteiger partial charge in [-0.05, 0) is 33.6 Å². The lowest BCUT2D eigenvalue weighted by Gasteiger charge is -2.28. The molecule has 5 heteroatoms. The van der Waals surface area contributed by atoms with Crippen molar-refractivity contribution in [2.75, 3.05) is 25.2 Å². The molecule has 0 aromatic heterocycles. The van der Waals surface area contributed by atoms with Crippen molar-refractivity contribution in [2.24, 2.45) is 0 Å². The van der Waals surface area contributed by atoms with Crippen LogP contribution in [0, 0.1) is 0 Å². The summed E-state index contributed by atoms with van der Waals surface area (Å²) in [7, 11) is -2.37. The summed E-state index contributed by atoms with van der Waals surface area (Å²) in [5, 5.41) is 1.10. The lowest BCUT2D eigenvalue weighted by Crippen LogP contribution is -2.45. The van der Waals surface area contributed by atoms with Gasteiger partial charge in [0.2, 0.25) is 0 Å². The van der Waals surface area contributed by atoms with E-state index in [2.05, 4.69) is 15.9 Å². The van der Waals surface area contributed by atoms with Crippen molar-refractivity contribution in [1.82, 2.24) is 0 Å². The molecule has 0 N–H and O–H groups in total. The smallest absolute Gasteiger partial charge is 0.374 e. The monoisotopic (exact) mass is 326 g/mol. The van der Waals surface area contributed by atoms with Crippen molar-refractivity contribution >= 4 is 24.7 Å². The molecule has 0 heterocycles. The third-order valence-electron chi connectivity index (χ3n) is 2.46. The molecular formula is C12H27BrO3Si. The van der Waals surface area contributed by atoms with E-state index in [1.807, 2.05) is 20.8 Å². The van der Waals surface area contributed by atoms with Gasteiger partial charge in [0.15, 0.2) is 0 Å². The Labute approximate surface area is 116 Å². The van der Waals surface area contributed by atoms with E-state index in [1.54, 1.807) is 0 Å². The summed E-state index contributed by atoms with van der Waals surface area (Å²) in [5.41, 5.74) is 0. The standard InChI is InChI=1S/C12H27BrO3Si/c1-4-14-17(15-5-2,16-6-3)12-10-8-7-9-11-13/h4-12H2,1-3H3. The summed E-state index contributed by atoms with van der Waals surface area (Å²) in [6.07, 6.45) is 4.87. The number of halogens is 1. The fourth-order valence-corrected chi connectivity index (χ4v) is 4.87. The molecule has 0 aromatic rings. The topological polar surface area (TPSA) is 27.7 Å². The van der Waals surface area contributed by atoms with Gasteiger partial charge in [-0.2, -0.15) is 0 Å². The van der Waals surface area contributed by atoms with Crippen LogP contribution in [0.2, 0.25) is 6.04 Å². The molecule has 0 aromatic carbocycles. The highest BCUT2D eigenvalue weighted by Gasteiger charge is 2.39. The summed E-state index contributed by atoms with van der Waals surface area (Å²) in [6, 6.07) is 0.949. The molecule has 0 aliphatic rings. The maximum atomic E-state index is 5.80. The molecule has 0 atom stereocenters. The van der Waals surface area contributed by atoms with Gasteiger partial charge in [-0.1, -0.05) is 28.8 Å². The van der Waals surface area contributed by atoms with Gasteiger partial charge in [0.1, 0.15) is 0 Å². The molecule has 0 rings (SSSR count). The van der Waals surface area contributed by atoms with Gasteiger partial charge >= 0.3 is 8.80 Å². The van der Waals surface area contributed by atoms with Crippen LogP contribution < -0.4 is 0 Å². The van der Waals surface area contributed by atoms with Crippen LogP contribution in [0.5, 0.6) is 0 Å². The first-order valence-corrected chi connectivity index (χ1v) is 9.77. The molecule has 104 valence electrons. The van der Waals surface area contributed by atoms with Gasteiger partial charge < -0.3 is 13.3 Å². The van der Waals surface area contributed by atoms with E-state index in [4.69, 9.17) is 13.3 Å². The summed E-state index contributed by atoms with van der Waals surface area (Å²) in [4.78, 5) is 0. The lowest BCUT2D eigenvalue weighted by atomic mass is 10.2. The highest BCUT2D eigenvalue weighted by molar-refractivity contribution is 9.09. The molecule has 3 nitrogen and oxygen atoms in total. The van der Waals surface area contributed by atoms with E-state index < -0.39 is 8.80 Å². The van der Waals surface area contributed by atoms with Crippen molar-refractivity contribution in [3.63, 3.8) is 0 Å². The first kappa shape index (κ1) is 17.6. The molecule has 0 aliphatic carbocycles. The maximum absolute atomic E-state index is 5.80. The second kappa shape index (κ2) is 11.7. The average Bonchev–Trinajstić information content (AvgIpc) is 2.30. The van der Waals surface area contributed by atoms with Gasteiger partial charge in [0.05, 0.1) is 0 Å². The molecule has 0 bridgehead atoms. The van der Waals surface area contributed by atoms with E-state index in [1.165, 1.54) is 19.3 Å². The van der Waals surface area contributed by atoms with Crippen LogP contribution in [-0.2, 0) is 13.3 Å². The normalized spacial score (nSPS) is 12.0. The summed E-state index contributed by atoms with van der Waals surface area (Å²) >= 11 is 3.45. The molecule has 0 amide bonds. The number of rotatable bonds is 12. The minimum atomic E-state index is -2.37. The number of hydrogen-bond acceptors (Lipinski definition) is 3. The highest BCUT2D eigenvalue weighted by atomic mass is 79.9. The van der Waals surface area contributed by atoms with Crippen LogP contribution in [0.4, 0.5) is 0 Å². The van der Waals surface area contributed by atoms with Crippen LogP contribution in [0.25, 0.3) is 0 Å². The maximum Gasteiger partial charge on any atom is 0.500 e. The van der Waals surface area contributed by atoms with Crippen molar-refractivity contribution in [3.05, 3.63) is 0 Å². The Bertz CT molecular complexity index is 153. The zero-order chi connectivity index (χ0) is 13.0. The predicted molar refractivity (Wildman–Crippen MR) is 77.7 cm³/mol. The minimum Gasteiger partial charge on any atom is -0.374 e. The molecule has 0 saturated carbocycles. The average molecular weight is 327 g/mol. The lowest BCUT2D eigenvalue weighted by molar-refractivity contribution is 0.0706. The van der Waals surface area contributed by atoms with E-state index >= 15 is 0 Å². The summed E-state index contributed by atoms with van der Waals surface area (Å²) < 4.78 is 17.4. The molecule has 0 saturated heterocycles. The highest BCUT2D eigenvalue weighted by Crippen LogP contribution is 2.20. The van der Waals surface area contributed by atoms with Crippen LogP contribution in [0.15, 0.2) is 0 Å². The largest absolute Gasteiger partial charge is 0.500 e. The Morgan fingerprint density at radius 3 is 1.65 bits per heavy atom. The second-order valence-corrected chi connectivity index (χ2v) is 7.36. The molecular weight excluding hydrogens is 300 g/mol. The molecule has 0 aliphatic heterocycles. The Morgan fingerprint density at radius 2 is 1.24 bits per heavy atom. The number of alkyl halides is 1. The van der Waals surface area contributed by atoms with Crippen LogP contribution in [0.3, 0.4) is 0 Å². The van der Waals surface area contributed by atoms with E-state index in [0.29, 0.717) is 19.8 Å². The minimum absolute atomic E-state index is 0.674. The third-order valence-corrected chi connectivity index (χ3v) is 6.17. The molecule has 17 heavy (non-hydrogen) atoms. The summed E-state index contributed by atoms with van der Waals surface area (Å²) in [5.74, 6) is 0. The quantitative estimate of drug-likeness (QED) is 0.308. The Morgan fingerprint density at radius 1 is 0.765 bits per heavy atom. The Hall–Kier alpha value is 0.577. The third kappa shape index (κ3) is 8.32. The SMILES string of the molecule is CCO[Si](CCCCCCBr)(OCC)OCC. The molecule has 0 radical (unpaired) electrons. The first-order chi connectivity index (χ1) is 8.24. The van der Waals surface area contributed by atoms with Gasteiger partial charge in [0.25, 0.3) is 0 Å². The van der Waals surface area contributed by atoms with Gasteiger partial charge in [-0.3, -0.25) is 0 Å². The summed E-state index contributed by atoms with van der Waals surface area (Å²) in [6.45, 7) is 8.04. The number of hydrogen-bond donors (Lipinski definition) is 0. The fourth-order valence-electron chi connectivity index (χ4n) is 1.79. The van der Waals surface area contributed by atoms with Crippen LogP contribution >= 0.6 is 15.9 Å². The fraction of sp³-hybridized carbons (Fsp3) is 1.00. The van der Waals surface area contributed by atoms with Crippen LogP contribution in [-0.4, -0.2) is 34.0 Å². The van der Waals surface area contributed by atoms with Gasteiger partial charge in [0, 0.05) is 31.2 Å². The number of unbranched alkanes of at least 4 members (excludes halogenated alkanes) is 3. The van der Waals surface area contributed by atoms with E-state index in [-0.39, 0.29) is 0 Å². The van der Waals surface area contributed by atoms with E-state index in [0.717, 1.165) is 17.8 Å². The van der Waals surface area contributed by atoms with Crippen molar-refractivity contribution in [2.45, 2.75) is 52.5 Å². The second-order valence-electron chi connectivity index (χ2n) is 3.84. The Balaban J connectivity index is 4.05.